The summed E-state index contributed by atoms with van der Waals surface area (Å²) >= 11 is 0. The maximum absolute atomic E-state index is 12.7. The Morgan fingerprint density at radius 1 is 1.45 bits per heavy atom. The zero-order chi connectivity index (χ0) is 14.9. The molecular weight excluding hydrogens is 273 g/mol. The van der Waals surface area contributed by atoms with Crippen molar-refractivity contribution in [1.82, 2.24) is 10.2 Å². The number of likely N-dealkylation sites (N-methyl/N-ethyl adjacent to an activating group) is 1. The van der Waals surface area contributed by atoms with Gasteiger partial charge < -0.3 is 9.73 Å². The van der Waals surface area contributed by atoms with E-state index in [4.69, 9.17) is 4.42 Å². The predicted molar refractivity (Wildman–Crippen MR) is 66.4 cm³/mol. The van der Waals surface area contributed by atoms with Crippen molar-refractivity contribution in [1.29, 1.82) is 0 Å². The lowest BCUT2D eigenvalue weighted by Gasteiger charge is -2.38. The van der Waals surface area contributed by atoms with Crippen LogP contribution in [0.5, 0.6) is 0 Å². The van der Waals surface area contributed by atoms with E-state index in [1.54, 1.807) is 13.0 Å². The van der Waals surface area contributed by atoms with Crippen molar-refractivity contribution < 1.29 is 22.4 Å². The first kappa shape index (κ1) is 14.9. The van der Waals surface area contributed by atoms with Gasteiger partial charge in [0.2, 0.25) is 0 Å². The van der Waals surface area contributed by atoms with E-state index < -0.39 is 12.2 Å². The number of piperidine rings is 1. The summed E-state index contributed by atoms with van der Waals surface area (Å²) in [7, 11) is 1.43. The van der Waals surface area contributed by atoms with Crippen LogP contribution in [0.2, 0.25) is 0 Å². The van der Waals surface area contributed by atoms with E-state index in [9.17, 15) is 18.0 Å². The molecule has 1 N–H and O–H groups in total. The lowest BCUT2D eigenvalue weighted by Crippen LogP contribution is -2.54. The maximum atomic E-state index is 12.7. The second-order valence-corrected chi connectivity index (χ2v) is 5.19. The molecule has 2 heterocycles. The Morgan fingerprint density at radius 3 is 2.65 bits per heavy atom. The van der Waals surface area contributed by atoms with Crippen molar-refractivity contribution in [2.24, 2.45) is 0 Å². The van der Waals surface area contributed by atoms with Gasteiger partial charge in [-0.1, -0.05) is 0 Å². The summed E-state index contributed by atoms with van der Waals surface area (Å²) in [4.78, 5) is 13.1. The topological polar surface area (TPSA) is 45.5 Å². The van der Waals surface area contributed by atoms with Crippen LogP contribution >= 0.6 is 0 Å². The number of likely N-dealkylation sites (tertiary alicyclic amines) is 1. The molecule has 2 rings (SSSR count). The average molecular weight is 290 g/mol. The number of nitrogens with one attached hydrogen (secondary N) is 1. The van der Waals surface area contributed by atoms with Crippen molar-refractivity contribution in [2.45, 2.75) is 38.0 Å². The van der Waals surface area contributed by atoms with Crippen LogP contribution in [0.3, 0.4) is 0 Å². The van der Waals surface area contributed by atoms with Gasteiger partial charge in [0, 0.05) is 12.6 Å². The molecule has 0 saturated carbocycles. The number of carbonyl (C=O) groups is 1. The number of carbonyl (C=O) groups excluding carboxylic acids is 1. The first-order valence-electron chi connectivity index (χ1n) is 6.40. The van der Waals surface area contributed by atoms with E-state index in [0.717, 1.165) is 0 Å². The number of rotatable bonds is 2. The standard InChI is InChI=1S/C13H17F3N2O2/c1-8-5-9(7-20-8)12(19)17-10-3-4-11(13(14,15)16)18(2)6-10/h5,7,10-11H,3-4,6H2,1-2H3,(H,17,19)/t10-,11+/m1/s1. The fraction of sp³-hybridized carbons (Fsp3) is 0.615. The average Bonchev–Trinajstić information content (AvgIpc) is 2.74. The van der Waals surface area contributed by atoms with Crippen LogP contribution < -0.4 is 5.32 Å². The molecule has 1 aliphatic rings. The Bertz CT molecular complexity index is 484. The lowest BCUT2D eigenvalue weighted by molar-refractivity contribution is -0.188. The van der Waals surface area contributed by atoms with E-state index in [1.165, 1.54) is 18.2 Å². The summed E-state index contributed by atoms with van der Waals surface area (Å²) in [6.45, 7) is 1.91. The predicted octanol–water partition coefficient (Wildman–Crippen LogP) is 2.34. The smallest absolute Gasteiger partial charge is 0.404 e. The summed E-state index contributed by atoms with van der Waals surface area (Å²) in [5.74, 6) is 0.304. The summed E-state index contributed by atoms with van der Waals surface area (Å²) in [6, 6.07) is -0.103. The Balaban J connectivity index is 1.92. The highest BCUT2D eigenvalue weighted by Gasteiger charge is 2.44. The minimum atomic E-state index is -4.22. The zero-order valence-electron chi connectivity index (χ0n) is 11.3. The van der Waals surface area contributed by atoms with Crippen LogP contribution in [0.4, 0.5) is 13.2 Å². The second-order valence-electron chi connectivity index (χ2n) is 5.19. The maximum Gasteiger partial charge on any atom is 0.404 e. The quantitative estimate of drug-likeness (QED) is 0.909. The highest BCUT2D eigenvalue weighted by atomic mass is 19.4. The van der Waals surface area contributed by atoms with Crippen LogP contribution in [0.1, 0.15) is 29.0 Å². The van der Waals surface area contributed by atoms with E-state index in [1.807, 2.05) is 0 Å². The zero-order valence-corrected chi connectivity index (χ0v) is 11.3. The number of amides is 1. The summed E-state index contributed by atoms with van der Waals surface area (Å²) in [5, 5.41) is 2.74. The van der Waals surface area contributed by atoms with Gasteiger partial charge in [-0.3, -0.25) is 9.69 Å². The molecule has 1 aromatic rings. The number of halogens is 3. The third-order valence-electron chi connectivity index (χ3n) is 3.53. The van der Waals surface area contributed by atoms with Crippen LogP contribution in [0.25, 0.3) is 0 Å². The summed E-state index contributed by atoms with van der Waals surface area (Å²) in [5.41, 5.74) is 0.392. The third-order valence-corrected chi connectivity index (χ3v) is 3.53. The molecular formula is C13H17F3N2O2. The molecule has 0 aromatic carbocycles. The third kappa shape index (κ3) is 3.33. The van der Waals surface area contributed by atoms with Gasteiger partial charge in [-0.2, -0.15) is 13.2 Å². The molecule has 0 bridgehead atoms. The van der Waals surface area contributed by atoms with Crippen LogP contribution in [0, 0.1) is 6.92 Å². The first-order chi connectivity index (χ1) is 9.27. The summed E-state index contributed by atoms with van der Waals surface area (Å²) < 4.78 is 43.2. The number of nitrogens with zero attached hydrogens (tertiary/aromatic N) is 1. The fourth-order valence-corrected chi connectivity index (χ4v) is 2.51. The minimum Gasteiger partial charge on any atom is -0.469 e. The second kappa shape index (κ2) is 5.47. The van der Waals surface area contributed by atoms with E-state index in [0.29, 0.717) is 17.7 Å². The highest BCUT2D eigenvalue weighted by Crippen LogP contribution is 2.30. The first-order valence-corrected chi connectivity index (χ1v) is 6.40. The van der Waals surface area contributed by atoms with Crippen molar-refractivity contribution in [3.05, 3.63) is 23.7 Å². The monoisotopic (exact) mass is 290 g/mol. The van der Waals surface area contributed by atoms with Gasteiger partial charge in [0.15, 0.2) is 0 Å². The fourth-order valence-electron chi connectivity index (χ4n) is 2.51. The largest absolute Gasteiger partial charge is 0.469 e. The van der Waals surface area contributed by atoms with Gasteiger partial charge in [0.25, 0.3) is 5.91 Å². The number of aryl methyl sites for hydroxylation is 1. The Labute approximate surface area is 114 Å². The minimum absolute atomic E-state index is 0.00460. The molecule has 1 fully saturated rings. The molecule has 2 atom stereocenters. The molecule has 1 aromatic heterocycles. The van der Waals surface area contributed by atoms with Gasteiger partial charge >= 0.3 is 6.18 Å². The number of hydrogen-bond donors (Lipinski definition) is 1. The Kier molecular flexibility index (Phi) is 4.08. The lowest BCUT2D eigenvalue weighted by atomic mass is 9.98. The molecule has 1 aliphatic heterocycles. The summed E-state index contributed by atoms with van der Waals surface area (Å²) in [6.07, 6.45) is -2.56. The van der Waals surface area contributed by atoms with E-state index in [-0.39, 0.29) is 24.9 Å². The van der Waals surface area contributed by atoms with Crippen molar-refractivity contribution in [2.75, 3.05) is 13.6 Å². The molecule has 4 nitrogen and oxygen atoms in total. The molecule has 0 aliphatic carbocycles. The molecule has 0 radical (unpaired) electrons. The molecule has 20 heavy (non-hydrogen) atoms. The van der Waals surface area contributed by atoms with E-state index in [2.05, 4.69) is 5.32 Å². The van der Waals surface area contributed by atoms with E-state index >= 15 is 0 Å². The van der Waals surface area contributed by atoms with Crippen LogP contribution in [0.15, 0.2) is 16.7 Å². The van der Waals surface area contributed by atoms with Crippen molar-refractivity contribution >= 4 is 5.91 Å². The van der Waals surface area contributed by atoms with Crippen LogP contribution in [-0.2, 0) is 0 Å². The van der Waals surface area contributed by atoms with Crippen molar-refractivity contribution in [3.63, 3.8) is 0 Å². The molecule has 112 valence electrons. The number of hydrogen-bond acceptors (Lipinski definition) is 3. The normalized spacial score (nSPS) is 24.6. The molecule has 1 saturated heterocycles. The Morgan fingerprint density at radius 2 is 2.15 bits per heavy atom. The van der Waals surface area contributed by atoms with Gasteiger partial charge in [-0.05, 0) is 32.9 Å². The molecule has 0 unspecified atom stereocenters. The highest BCUT2D eigenvalue weighted by molar-refractivity contribution is 5.94. The number of furan rings is 1. The Hall–Kier alpha value is -1.50. The molecule has 7 heteroatoms. The SMILES string of the molecule is Cc1cc(C(=O)N[C@@H]2CC[C@@H](C(F)(F)F)N(C)C2)co1. The molecule has 0 spiro atoms. The number of alkyl halides is 3. The van der Waals surface area contributed by atoms with Crippen LogP contribution in [-0.4, -0.2) is 42.7 Å². The van der Waals surface area contributed by atoms with Crippen molar-refractivity contribution in [3.8, 4) is 0 Å². The molecule has 1 amide bonds. The van der Waals surface area contributed by atoms with Gasteiger partial charge in [0.05, 0.1) is 5.56 Å². The van der Waals surface area contributed by atoms with Gasteiger partial charge in [-0.15, -0.1) is 0 Å². The van der Waals surface area contributed by atoms with Gasteiger partial charge in [0.1, 0.15) is 18.1 Å². The van der Waals surface area contributed by atoms with Gasteiger partial charge in [-0.25, -0.2) is 0 Å².